The smallest absolute Gasteiger partial charge is 0.257 e. The number of alkyl halides is 1. The van der Waals surface area contributed by atoms with Gasteiger partial charge in [0.15, 0.2) is 0 Å². The maximum atomic E-state index is 12.9. The summed E-state index contributed by atoms with van der Waals surface area (Å²) in [5, 5.41) is 9.70. The zero-order valence-electron chi connectivity index (χ0n) is 10.6. The van der Waals surface area contributed by atoms with Crippen LogP contribution in [0.3, 0.4) is 0 Å². The number of phenols is 1. The average Bonchev–Trinajstić information content (AvgIpc) is 2.31. The van der Waals surface area contributed by atoms with Gasteiger partial charge in [0.25, 0.3) is 5.91 Å². The lowest BCUT2D eigenvalue weighted by Gasteiger charge is -2.37. The van der Waals surface area contributed by atoms with Gasteiger partial charge in [-0.1, -0.05) is 0 Å². The van der Waals surface area contributed by atoms with E-state index in [9.17, 15) is 14.3 Å². The van der Waals surface area contributed by atoms with Gasteiger partial charge in [-0.15, -0.1) is 11.6 Å². The zero-order valence-corrected chi connectivity index (χ0v) is 11.4. The first-order valence-corrected chi connectivity index (χ1v) is 7.02. The second kappa shape index (κ2) is 6.24. The monoisotopic (exact) mass is 285 g/mol. The Hall–Kier alpha value is -1.29. The quantitative estimate of drug-likeness (QED) is 0.844. The number of aromatic hydroxyl groups is 1. The fourth-order valence-corrected chi connectivity index (χ4v) is 2.34. The molecule has 0 spiro atoms. The highest BCUT2D eigenvalue weighted by atomic mass is 35.5. The Kier molecular flexibility index (Phi) is 4.64. The third-order valence-electron chi connectivity index (χ3n) is 3.50. The van der Waals surface area contributed by atoms with E-state index in [0.717, 1.165) is 25.3 Å². The van der Waals surface area contributed by atoms with Gasteiger partial charge in [0, 0.05) is 24.5 Å². The molecule has 0 aromatic heterocycles. The van der Waals surface area contributed by atoms with Gasteiger partial charge >= 0.3 is 0 Å². The number of phenolic OH excluding ortho intramolecular Hbond substituents is 1. The van der Waals surface area contributed by atoms with Gasteiger partial charge in [-0.3, -0.25) is 4.79 Å². The third-order valence-corrected chi connectivity index (χ3v) is 3.77. The molecule has 0 unspecified atom stereocenters. The summed E-state index contributed by atoms with van der Waals surface area (Å²) < 4.78 is 12.9. The molecular formula is C14H17ClFNO2. The lowest BCUT2D eigenvalue weighted by atomic mass is 9.90. The van der Waals surface area contributed by atoms with Crippen molar-refractivity contribution < 1.29 is 14.3 Å². The molecule has 1 saturated carbocycles. The molecule has 0 atom stereocenters. The molecule has 0 radical (unpaired) electrons. The minimum absolute atomic E-state index is 0.155. The minimum Gasteiger partial charge on any atom is -0.507 e. The van der Waals surface area contributed by atoms with E-state index in [2.05, 4.69) is 0 Å². The molecule has 104 valence electrons. The van der Waals surface area contributed by atoms with Gasteiger partial charge in [0.2, 0.25) is 0 Å². The molecule has 0 heterocycles. The standard InChI is InChI=1S/C14H17ClFNO2/c15-7-2-8-17(11-3-1-4-11)14(19)12-6-5-10(16)9-13(12)18/h5-6,9,11,18H,1-4,7-8H2. The molecule has 0 bridgehead atoms. The number of rotatable bonds is 5. The third kappa shape index (κ3) is 3.18. The van der Waals surface area contributed by atoms with Crippen molar-refractivity contribution in [1.82, 2.24) is 4.90 Å². The Morgan fingerprint density at radius 3 is 2.74 bits per heavy atom. The zero-order chi connectivity index (χ0) is 13.8. The van der Waals surface area contributed by atoms with Crippen LogP contribution in [-0.2, 0) is 0 Å². The normalized spacial score (nSPS) is 15.1. The predicted molar refractivity (Wildman–Crippen MR) is 72.1 cm³/mol. The van der Waals surface area contributed by atoms with Crippen molar-refractivity contribution >= 4 is 17.5 Å². The Morgan fingerprint density at radius 2 is 2.21 bits per heavy atom. The van der Waals surface area contributed by atoms with Crippen LogP contribution in [0.15, 0.2) is 18.2 Å². The second-order valence-corrected chi connectivity index (χ2v) is 5.17. The number of nitrogens with zero attached hydrogens (tertiary/aromatic N) is 1. The Balaban J connectivity index is 2.17. The summed E-state index contributed by atoms with van der Waals surface area (Å²) in [4.78, 5) is 14.2. The first kappa shape index (κ1) is 14.1. The minimum atomic E-state index is -0.551. The van der Waals surface area contributed by atoms with Gasteiger partial charge in [0.05, 0.1) is 5.56 Å². The molecule has 2 rings (SSSR count). The van der Waals surface area contributed by atoms with Crippen molar-refractivity contribution in [2.24, 2.45) is 0 Å². The van der Waals surface area contributed by atoms with Gasteiger partial charge in [-0.2, -0.15) is 0 Å². The molecule has 5 heteroatoms. The molecule has 1 N–H and O–H groups in total. The summed E-state index contributed by atoms with van der Waals surface area (Å²) in [6, 6.07) is 3.71. The largest absolute Gasteiger partial charge is 0.507 e. The fraction of sp³-hybridized carbons (Fsp3) is 0.500. The topological polar surface area (TPSA) is 40.5 Å². The summed E-state index contributed by atoms with van der Waals surface area (Å²) in [5.41, 5.74) is 0.155. The molecule has 19 heavy (non-hydrogen) atoms. The van der Waals surface area contributed by atoms with Crippen molar-refractivity contribution in [2.45, 2.75) is 31.7 Å². The maximum absolute atomic E-state index is 12.9. The van der Waals surface area contributed by atoms with Gasteiger partial charge < -0.3 is 10.0 Å². The van der Waals surface area contributed by atoms with Crippen molar-refractivity contribution in [2.75, 3.05) is 12.4 Å². The van der Waals surface area contributed by atoms with Crippen LogP contribution in [0, 0.1) is 5.82 Å². The molecule has 1 amide bonds. The number of benzene rings is 1. The van der Waals surface area contributed by atoms with Crippen LogP contribution in [0.1, 0.15) is 36.0 Å². The first-order valence-electron chi connectivity index (χ1n) is 6.49. The van der Waals surface area contributed by atoms with E-state index in [4.69, 9.17) is 11.6 Å². The van der Waals surface area contributed by atoms with Gasteiger partial charge in [-0.05, 0) is 37.8 Å². The summed E-state index contributed by atoms with van der Waals surface area (Å²) in [6.07, 6.45) is 3.79. The van der Waals surface area contributed by atoms with E-state index >= 15 is 0 Å². The van der Waals surface area contributed by atoms with E-state index < -0.39 is 5.82 Å². The number of halogens is 2. The number of carbonyl (C=O) groups is 1. The highest BCUT2D eigenvalue weighted by molar-refractivity contribution is 6.17. The number of hydrogen-bond donors (Lipinski definition) is 1. The second-order valence-electron chi connectivity index (χ2n) is 4.79. The van der Waals surface area contributed by atoms with Crippen LogP contribution in [0.2, 0.25) is 0 Å². The van der Waals surface area contributed by atoms with E-state index in [0.29, 0.717) is 18.8 Å². The van der Waals surface area contributed by atoms with Crippen molar-refractivity contribution in [3.05, 3.63) is 29.6 Å². The molecule has 1 fully saturated rings. The maximum Gasteiger partial charge on any atom is 0.257 e. The predicted octanol–water partition coefficient (Wildman–Crippen LogP) is 3.15. The summed E-state index contributed by atoms with van der Waals surface area (Å²) in [6.45, 7) is 0.573. The molecular weight excluding hydrogens is 269 g/mol. The molecule has 0 saturated heterocycles. The fourth-order valence-electron chi connectivity index (χ4n) is 2.22. The number of hydrogen-bond acceptors (Lipinski definition) is 2. The highest BCUT2D eigenvalue weighted by Crippen LogP contribution is 2.28. The van der Waals surface area contributed by atoms with Crippen molar-refractivity contribution in [3.8, 4) is 5.75 Å². The number of amides is 1. The van der Waals surface area contributed by atoms with E-state index in [1.54, 1.807) is 4.90 Å². The lowest BCUT2D eigenvalue weighted by Crippen LogP contribution is -2.44. The highest BCUT2D eigenvalue weighted by Gasteiger charge is 2.30. The molecule has 1 aliphatic rings. The molecule has 1 aromatic carbocycles. The Bertz CT molecular complexity index is 463. The summed E-state index contributed by atoms with van der Waals surface area (Å²) in [5.74, 6) is -0.608. The van der Waals surface area contributed by atoms with Crippen LogP contribution in [0.25, 0.3) is 0 Å². The van der Waals surface area contributed by atoms with Crippen molar-refractivity contribution in [3.63, 3.8) is 0 Å². The molecule has 0 aliphatic heterocycles. The summed E-state index contributed by atoms with van der Waals surface area (Å²) in [7, 11) is 0. The van der Waals surface area contributed by atoms with Crippen LogP contribution in [0.4, 0.5) is 4.39 Å². The van der Waals surface area contributed by atoms with E-state index in [1.165, 1.54) is 12.1 Å². The molecule has 1 aromatic rings. The average molecular weight is 286 g/mol. The Morgan fingerprint density at radius 1 is 1.47 bits per heavy atom. The number of carbonyl (C=O) groups excluding carboxylic acids is 1. The first-order chi connectivity index (χ1) is 9.13. The summed E-state index contributed by atoms with van der Waals surface area (Å²) >= 11 is 5.68. The van der Waals surface area contributed by atoms with Crippen LogP contribution >= 0.6 is 11.6 Å². The van der Waals surface area contributed by atoms with E-state index in [1.807, 2.05) is 0 Å². The molecule has 3 nitrogen and oxygen atoms in total. The van der Waals surface area contributed by atoms with Gasteiger partial charge in [-0.25, -0.2) is 4.39 Å². The van der Waals surface area contributed by atoms with Crippen LogP contribution in [-0.4, -0.2) is 34.4 Å². The SMILES string of the molecule is O=C(c1ccc(F)cc1O)N(CCCCl)C1CCC1. The van der Waals surface area contributed by atoms with E-state index in [-0.39, 0.29) is 23.3 Å². The van der Waals surface area contributed by atoms with Crippen LogP contribution in [0.5, 0.6) is 5.75 Å². The lowest BCUT2D eigenvalue weighted by molar-refractivity contribution is 0.0577. The van der Waals surface area contributed by atoms with Crippen molar-refractivity contribution in [1.29, 1.82) is 0 Å². The Labute approximate surface area is 117 Å². The molecule has 1 aliphatic carbocycles. The van der Waals surface area contributed by atoms with Gasteiger partial charge in [0.1, 0.15) is 11.6 Å². The van der Waals surface area contributed by atoms with Crippen LogP contribution < -0.4 is 0 Å².